The van der Waals surface area contributed by atoms with E-state index in [4.69, 9.17) is 32.7 Å². The number of ether oxygens (including phenoxy) is 2. The molecule has 0 aliphatic carbocycles. The first-order valence-corrected chi connectivity index (χ1v) is 9.18. The minimum Gasteiger partial charge on any atom is -0.482 e. The van der Waals surface area contributed by atoms with E-state index in [1.54, 1.807) is 35.2 Å². The van der Waals surface area contributed by atoms with Crippen LogP contribution in [0.5, 0.6) is 11.5 Å². The van der Waals surface area contributed by atoms with E-state index in [-0.39, 0.29) is 25.0 Å². The molecule has 1 N–H and O–H groups in total. The smallest absolute Gasteiger partial charge is 0.265 e. The molecule has 0 fully saturated rings. The molecule has 1 heterocycles. The summed E-state index contributed by atoms with van der Waals surface area (Å²) >= 11 is 11.8. The van der Waals surface area contributed by atoms with Crippen LogP contribution in [0, 0.1) is 0 Å². The van der Waals surface area contributed by atoms with Gasteiger partial charge < -0.3 is 19.7 Å². The van der Waals surface area contributed by atoms with E-state index in [2.05, 4.69) is 11.9 Å². The van der Waals surface area contributed by atoms with Crippen LogP contribution in [-0.4, -0.2) is 31.6 Å². The Hall–Kier alpha value is -2.70. The van der Waals surface area contributed by atoms with E-state index in [1.165, 1.54) is 6.07 Å². The Labute approximate surface area is 172 Å². The van der Waals surface area contributed by atoms with E-state index in [0.717, 1.165) is 5.57 Å². The number of anilines is 2. The molecule has 0 radical (unpaired) electrons. The lowest BCUT2D eigenvalue weighted by molar-refractivity contribution is -0.121. The molecule has 2 aromatic rings. The van der Waals surface area contributed by atoms with Gasteiger partial charge in [-0.3, -0.25) is 9.59 Å². The highest BCUT2D eigenvalue weighted by atomic mass is 35.5. The Morgan fingerprint density at radius 2 is 2.07 bits per heavy atom. The van der Waals surface area contributed by atoms with Crippen molar-refractivity contribution in [2.24, 2.45) is 0 Å². The maximum absolute atomic E-state index is 12.2. The van der Waals surface area contributed by atoms with Gasteiger partial charge in [-0.15, -0.1) is 0 Å². The fraction of sp³-hybridized carbons (Fsp3) is 0.200. The van der Waals surface area contributed by atoms with Crippen molar-refractivity contribution in [3.63, 3.8) is 0 Å². The van der Waals surface area contributed by atoms with Crippen molar-refractivity contribution in [2.75, 3.05) is 30.0 Å². The van der Waals surface area contributed by atoms with Gasteiger partial charge in [0.15, 0.2) is 13.2 Å². The minimum absolute atomic E-state index is 0.0597. The summed E-state index contributed by atoms with van der Waals surface area (Å²) in [5.74, 6) is 0.376. The SMILES string of the molecule is C=C(C)CN1C(=O)COc2cc(NC(=O)COc3ccc(Cl)cc3Cl)ccc21. The number of carbonyl (C=O) groups excluding carboxylic acids is 2. The van der Waals surface area contributed by atoms with Gasteiger partial charge in [-0.25, -0.2) is 0 Å². The molecule has 0 bridgehead atoms. The predicted octanol–water partition coefficient (Wildman–Crippen LogP) is 4.31. The largest absolute Gasteiger partial charge is 0.482 e. The number of nitrogens with zero attached hydrogens (tertiary/aromatic N) is 1. The van der Waals surface area contributed by atoms with Gasteiger partial charge in [0.2, 0.25) is 0 Å². The molecule has 0 unspecified atom stereocenters. The molecule has 0 spiro atoms. The van der Waals surface area contributed by atoms with Gasteiger partial charge in [0.05, 0.1) is 10.7 Å². The molecule has 1 aliphatic rings. The van der Waals surface area contributed by atoms with E-state index >= 15 is 0 Å². The Balaban J connectivity index is 1.65. The maximum atomic E-state index is 12.2. The van der Waals surface area contributed by atoms with Gasteiger partial charge in [-0.05, 0) is 37.3 Å². The van der Waals surface area contributed by atoms with Crippen LogP contribution in [-0.2, 0) is 9.59 Å². The molecule has 0 saturated carbocycles. The van der Waals surface area contributed by atoms with Crippen LogP contribution in [0.1, 0.15) is 6.92 Å². The maximum Gasteiger partial charge on any atom is 0.265 e. The highest BCUT2D eigenvalue weighted by Gasteiger charge is 2.25. The fourth-order valence-corrected chi connectivity index (χ4v) is 3.12. The van der Waals surface area contributed by atoms with Crippen molar-refractivity contribution in [1.82, 2.24) is 0 Å². The highest BCUT2D eigenvalue weighted by Crippen LogP contribution is 2.35. The number of hydrogen-bond acceptors (Lipinski definition) is 4. The Morgan fingerprint density at radius 3 is 2.79 bits per heavy atom. The van der Waals surface area contributed by atoms with Crippen LogP contribution >= 0.6 is 23.2 Å². The number of amides is 2. The number of rotatable bonds is 6. The molecular weight excluding hydrogens is 403 g/mol. The number of halogens is 2. The van der Waals surface area contributed by atoms with Gasteiger partial charge in [-0.2, -0.15) is 0 Å². The van der Waals surface area contributed by atoms with Crippen LogP contribution in [0.25, 0.3) is 0 Å². The molecule has 2 amide bonds. The number of benzene rings is 2. The summed E-state index contributed by atoms with van der Waals surface area (Å²) in [4.78, 5) is 25.9. The molecule has 2 aromatic carbocycles. The van der Waals surface area contributed by atoms with Crippen molar-refractivity contribution in [3.8, 4) is 11.5 Å². The second-order valence-electron chi connectivity index (χ2n) is 6.32. The molecule has 1 aliphatic heterocycles. The first-order valence-electron chi connectivity index (χ1n) is 8.43. The van der Waals surface area contributed by atoms with Gasteiger partial charge in [0.1, 0.15) is 11.5 Å². The van der Waals surface area contributed by atoms with E-state index in [9.17, 15) is 9.59 Å². The van der Waals surface area contributed by atoms with Gasteiger partial charge >= 0.3 is 0 Å². The highest BCUT2D eigenvalue weighted by molar-refractivity contribution is 6.35. The second kappa shape index (κ2) is 8.54. The van der Waals surface area contributed by atoms with E-state index in [0.29, 0.717) is 39.5 Å². The van der Waals surface area contributed by atoms with Crippen molar-refractivity contribution in [2.45, 2.75) is 6.92 Å². The fourth-order valence-electron chi connectivity index (χ4n) is 2.66. The van der Waals surface area contributed by atoms with Gasteiger partial charge in [0, 0.05) is 23.3 Å². The third kappa shape index (κ3) is 4.77. The summed E-state index contributed by atoms with van der Waals surface area (Å²) in [7, 11) is 0. The molecule has 146 valence electrons. The number of nitrogens with one attached hydrogen (secondary N) is 1. The summed E-state index contributed by atoms with van der Waals surface area (Å²) in [5, 5.41) is 3.53. The van der Waals surface area contributed by atoms with Crippen LogP contribution in [0.4, 0.5) is 11.4 Å². The molecule has 3 rings (SSSR count). The second-order valence-corrected chi connectivity index (χ2v) is 7.16. The molecule has 0 aromatic heterocycles. The summed E-state index contributed by atoms with van der Waals surface area (Å²) in [6, 6.07) is 9.84. The standard InChI is InChI=1S/C20H18Cl2N2O4/c1-12(2)9-24-16-5-4-14(8-18(16)28-11-20(24)26)23-19(25)10-27-17-6-3-13(21)7-15(17)22/h3-8H,1,9-11H2,2H3,(H,23,25). The molecular formula is C20H18Cl2N2O4. The number of carbonyl (C=O) groups is 2. The summed E-state index contributed by atoms with van der Waals surface area (Å²) in [6.45, 7) is 5.83. The third-order valence-electron chi connectivity index (χ3n) is 3.87. The molecule has 0 atom stereocenters. The van der Waals surface area contributed by atoms with Crippen molar-refractivity contribution in [1.29, 1.82) is 0 Å². The van der Waals surface area contributed by atoms with Crippen LogP contribution in [0.3, 0.4) is 0 Å². The zero-order valence-corrected chi connectivity index (χ0v) is 16.6. The normalized spacial score (nSPS) is 12.8. The molecule has 8 heteroatoms. The lowest BCUT2D eigenvalue weighted by atomic mass is 10.2. The third-order valence-corrected chi connectivity index (χ3v) is 4.40. The summed E-state index contributed by atoms with van der Waals surface area (Å²) < 4.78 is 10.9. The molecule has 28 heavy (non-hydrogen) atoms. The van der Waals surface area contributed by atoms with Crippen LogP contribution in [0.15, 0.2) is 48.6 Å². The van der Waals surface area contributed by atoms with E-state index < -0.39 is 0 Å². The Morgan fingerprint density at radius 1 is 1.29 bits per heavy atom. The van der Waals surface area contributed by atoms with Gasteiger partial charge in [-0.1, -0.05) is 35.4 Å². The number of fused-ring (bicyclic) bond motifs is 1. The first-order chi connectivity index (χ1) is 13.3. The quantitative estimate of drug-likeness (QED) is 0.706. The average molecular weight is 421 g/mol. The topological polar surface area (TPSA) is 67.9 Å². The minimum atomic E-state index is -0.364. The molecule has 6 nitrogen and oxygen atoms in total. The Bertz CT molecular complexity index is 946. The zero-order chi connectivity index (χ0) is 20.3. The van der Waals surface area contributed by atoms with Crippen LogP contribution in [0.2, 0.25) is 10.0 Å². The van der Waals surface area contributed by atoms with E-state index in [1.807, 2.05) is 6.92 Å². The van der Waals surface area contributed by atoms with Crippen molar-refractivity contribution >= 4 is 46.4 Å². The first kappa shape index (κ1) is 20.0. The monoisotopic (exact) mass is 420 g/mol. The van der Waals surface area contributed by atoms with Gasteiger partial charge in [0.25, 0.3) is 11.8 Å². The number of hydrogen-bond donors (Lipinski definition) is 1. The average Bonchev–Trinajstić information content (AvgIpc) is 2.63. The lowest BCUT2D eigenvalue weighted by Gasteiger charge is -2.29. The van der Waals surface area contributed by atoms with Crippen molar-refractivity contribution in [3.05, 3.63) is 58.6 Å². The molecule has 0 saturated heterocycles. The summed E-state index contributed by atoms with van der Waals surface area (Å²) in [6.07, 6.45) is 0. The van der Waals surface area contributed by atoms with Crippen LogP contribution < -0.4 is 19.7 Å². The van der Waals surface area contributed by atoms with Crippen molar-refractivity contribution < 1.29 is 19.1 Å². The lowest BCUT2D eigenvalue weighted by Crippen LogP contribution is -2.39. The zero-order valence-electron chi connectivity index (χ0n) is 15.1. The summed E-state index contributed by atoms with van der Waals surface area (Å²) in [5.41, 5.74) is 2.03. The Kier molecular flexibility index (Phi) is 6.11. The predicted molar refractivity (Wildman–Crippen MR) is 110 cm³/mol.